The maximum absolute atomic E-state index is 4.72. The van der Waals surface area contributed by atoms with Gasteiger partial charge in [0.15, 0.2) is 0 Å². The quantitative estimate of drug-likeness (QED) is 0.545. The van der Waals surface area contributed by atoms with Gasteiger partial charge in [-0.1, -0.05) is 30.9 Å². The van der Waals surface area contributed by atoms with Gasteiger partial charge in [-0.05, 0) is 51.0 Å². The number of aromatic nitrogens is 1. The normalized spacial score (nSPS) is 13.9. The van der Waals surface area contributed by atoms with Gasteiger partial charge in [0, 0.05) is 23.7 Å². The van der Waals surface area contributed by atoms with Crippen molar-refractivity contribution in [1.29, 1.82) is 0 Å². The lowest BCUT2D eigenvalue weighted by Gasteiger charge is -2.07. The van der Waals surface area contributed by atoms with Crippen molar-refractivity contribution in [2.24, 2.45) is 4.99 Å². The monoisotopic (exact) mass is 266 g/mol. The van der Waals surface area contributed by atoms with Crippen molar-refractivity contribution < 1.29 is 0 Å². The van der Waals surface area contributed by atoms with Crippen molar-refractivity contribution in [3.05, 3.63) is 72.1 Å². The van der Waals surface area contributed by atoms with Crippen molar-refractivity contribution in [2.75, 3.05) is 0 Å². The number of hydrogen-bond acceptors (Lipinski definition) is 2. The summed E-state index contributed by atoms with van der Waals surface area (Å²) in [5, 5.41) is 0. The first-order chi connectivity index (χ1) is 9.56. The van der Waals surface area contributed by atoms with Crippen LogP contribution >= 0.6 is 0 Å². The van der Waals surface area contributed by atoms with E-state index in [0.717, 1.165) is 28.1 Å². The van der Waals surface area contributed by atoms with Crippen LogP contribution < -0.4 is 0 Å². The second-order valence-electron chi connectivity index (χ2n) is 4.63. The Labute approximate surface area is 122 Å². The van der Waals surface area contributed by atoms with E-state index in [4.69, 9.17) is 4.99 Å². The zero-order valence-corrected chi connectivity index (χ0v) is 12.7. The van der Waals surface area contributed by atoms with E-state index in [-0.39, 0.29) is 0 Å². The Bertz CT molecular complexity index is 573. The maximum Gasteiger partial charge on any atom is 0.0735 e. The van der Waals surface area contributed by atoms with E-state index < -0.39 is 0 Å². The van der Waals surface area contributed by atoms with Gasteiger partial charge in [0.25, 0.3) is 0 Å². The summed E-state index contributed by atoms with van der Waals surface area (Å²) in [5.41, 5.74) is 5.03. The summed E-state index contributed by atoms with van der Waals surface area (Å²) in [5.74, 6) is 0. The molecule has 20 heavy (non-hydrogen) atoms. The minimum Gasteiger partial charge on any atom is -0.265 e. The highest BCUT2D eigenvalue weighted by Gasteiger charge is 2.04. The third-order valence-corrected chi connectivity index (χ3v) is 2.87. The highest BCUT2D eigenvalue weighted by atomic mass is 14.8. The van der Waals surface area contributed by atoms with E-state index >= 15 is 0 Å². The Morgan fingerprint density at radius 3 is 2.35 bits per heavy atom. The third kappa shape index (κ3) is 4.81. The fourth-order valence-corrected chi connectivity index (χ4v) is 1.54. The molecule has 104 valence electrons. The van der Waals surface area contributed by atoms with Crippen LogP contribution in [0.1, 0.15) is 33.3 Å². The summed E-state index contributed by atoms with van der Waals surface area (Å²) in [6.45, 7) is 11.9. The highest BCUT2D eigenvalue weighted by Crippen LogP contribution is 2.21. The third-order valence-electron chi connectivity index (χ3n) is 2.87. The van der Waals surface area contributed by atoms with Gasteiger partial charge in [-0.3, -0.25) is 9.98 Å². The predicted molar refractivity (Wildman–Crippen MR) is 88.7 cm³/mol. The highest BCUT2D eigenvalue weighted by molar-refractivity contribution is 6.00. The first-order valence-electron chi connectivity index (χ1n) is 6.68. The summed E-state index contributed by atoms with van der Waals surface area (Å²) in [6.07, 6.45) is 11.6. The molecule has 2 heteroatoms. The standard InChI is InChI=1S/C18H22N2/c1-6-7-8-9-15(4)18(20-16(5)14(2)3)17-10-12-19-13-11-17/h6-13H,2H2,1,3-5H3/b7-6-,9-8-,18-15+,20-16?. The van der Waals surface area contributed by atoms with Crippen molar-refractivity contribution in [1.82, 2.24) is 4.98 Å². The first kappa shape index (κ1) is 15.8. The van der Waals surface area contributed by atoms with E-state index in [9.17, 15) is 0 Å². The van der Waals surface area contributed by atoms with Gasteiger partial charge in [0.1, 0.15) is 0 Å². The van der Waals surface area contributed by atoms with Crippen LogP contribution in [-0.2, 0) is 0 Å². The molecular formula is C18H22N2. The molecule has 2 nitrogen and oxygen atoms in total. The van der Waals surface area contributed by atoms with Gasteiger partial charge >= 0.3 is 0 Å². The van der Waals surface area contributed by atoms with Gasteiger partial charge in [0.2, 0.25) is 0 Å². The number of hydrogen-bond donors (Lipinski definition) is 0. The molecule has 0 spiro atoms. The Hall–Kier alpha value is -2.22. The Morgan fingerprint density at radius 1 is 1.15 bits per heavy atom. The van der Waals surface area contributed by atoms with Gasteiger partial charge in [-0.15, -0.1) is 0 Å². The molecule has 0 atom stereocenters. The molecule has 1 heterocycles. The summed E-state index contributed by atoms with van der Waals surface area (Å²) >= 11 is 0. The zero-order chi connectivity index (χ0) is 15.0. The van der Waals surface area contributed by atoms with Gasteiger partial charge < -0.3 is 0 Å². The molecule has 0 unspecified atom stereocenters. The largest absolute Gasteiger partial charge is 0.265 e. The van der Waals surface area contributed by atoms with E-state index in [2.05, 4.69) is 24.6 Å². The van der Waals surface area contributed by atoms with E-state index in [1.54, 1.807) is 12.4 Å². The summed E-state index contributed by atoms with van der Waals surface area (Å²) in [6, 6.07) is 3.94. The average molecular weight is 266 g/mol. The first-order valence-corrected chi connectivity index (χ1v) is 6.68. The van der Waals surface area contributed by atoms with Crippen molar-refractivity contribution in [2.45, 2.75) is 27.7 Å². The van der Waals surface area contributed by atoms with Crippen molar-refractivity contribution in [3.8, 4) is 0 Å². The molecule has 1 aromatic rings. The molecule has 1 rings (SSSR count). The van der Waals surface area contributed by atoms with Crippen LogP contribution in [0.5, 0.6) is 0 Å². The van der Waals surface area contributed by atoms with Crippen LogP contribution in [0, 0.1) is 0 Å². The Morgan fingerprint density at radius 2 is 1.80 bits per heavy atom. The molecular weight excluding hydrogens is 244 g/mol. The van der Waals surface area contributed by atoms with Crippen molar-refractivity contribution >= 4 is 11.4 Å². The van der Waals surface area contributed by atoms with Crippen LogP contribution in [-0.4, -0.2) is 10.7 Å². The summed E-state index contributed by atoms with van der Waals surface area (Å²) in [7, 11) is 0. The maximum atomic E-state index is 4.72. The lowest BCUT2D eigenvalue weighted by Crippen LogP contribution is -1.95. The summed E-state index contributed by atoms with van der Waals surface area (Å²) in [4.78, 5) is 8.78. The zero-order valence-electron chi connectivity index (χ0n) is 12.7. The average Bonchev–Trinajstić information content (AvgIpc) is 2.45. The van der Waals surface area contributed by atoms with Crippen LogP contribution in [0.4, 0.5) is 0 Å². The molecule has 0 aliphatic rings. The Balaban J connectivity index is 3.31. The molecule has 0 aliphatic heterocycles. The minimum absolute atomic E-state index is 0.940. The van der Waals surface area contributed by atoms with E-state index in [0.29, 0.717) is 0 Å². The van der Waals surface area contributed by atoms with E-state index in [1.165, 1.54) is 0 Å². The van der Waals surface area contributed by atoms with Gasteiger partial charge in [-0.25, -0.2) is 0 Å². The topological polar surface area (TPSA) is 25.2 Å². The van der Waals surface area contributed by atoms with Crippen LogP contribution in [0.25, 0.3) is 5.70 Å². The molecule has 0 radical (unpaired) electrons. The number of pyridine rings is 1. The second kappa shape index (κ2) is 8.05. The van der Waals surface area contributed by atoms with E-state index in [1.807, 2.05) is 51.1 Å². The molecule has 0 N–H and O–H groups in total. The fraction of sp³-hybridized carbons (Fsp3) is 0.222. The lowest BCUT2D eigenvalue weighted by atomic mass is 10.1. The van der Waals surface area contributed by atoms with Crippen LogP contribution in [0.3, 0.4) is 0 Å². The summed E-state index contributed by atoms with van der Waals surface area (Å²) < 4.78 is 0. The lowest BCUT2D eigenvalue weighted by molar-refractivity contribution is 1.30. The van der Waals surface area contributed by atoms with Crippen LogP contribution in [0.2, 0.25) is 0 Å². The molecule has 0 saturated carbocycles. The van der Waals surface area contributed by atoms with Gasteiger partial charge in [-0.2, -0.15) is 0 Å². The molecule has 0 saturated heterocycles. The SMILES string of the molecule is C=C(C)C(C)=N/C(=C(C)/C=C\C=C/C)c1ccncc1. The molecule has 0 bridgehead atoms. The smallest absolute Gasteiger partial charge is 0.0735 e. The number of aliphatic imine (C=N–C) groups is 1. The number of nitrogens with zero attached hydrogens (tertiary/aromatic N) is 2. The number of rotatable bonds is 5. The molecule has 0 amide bonds. The fourth-order valence-electron chi connectivity index (χ4n) is 1.54. The molecule has 0 fully saturated rings. The molecule has 0 aliphatic carbocycles. The van der Waals surface area contributed by atoms with Crippen molar-refractivity contribution in [3.63, 3.8) is 0 Å². The van der Waals surface area contributed by atoms with Gasteiger partial charge in [0.05, 0.1) is 5.70 Å². The Kier molecular flexibility index (Phi) is 6.38. The number of allylic oxidation sites excluding steroid dienone is 6. The molecule has 0 aromatic carbocycles. The molecule has 1 aromatic heterocycles. The minimum atomic E-state index is 0.940. The predicted octanol–water partition coefficient (Wildman–Crippen LogP) is 4.98. The van der Waals surface area contributed by atoms with Crippen LogP contribution in [0.15, 0.2) is 71.5 Å². The second-order valence-corrected chi connectivity index (χ2v) is 4.63.